The molecule has 2 saturated heterocycles. The van der Waals surface area contributed by atoms with Crippen LogP contribution >= 0.6 is 0 Å². The van der Waals surface area contributed by atoms with Crippen molar-refractivity contribution in [2.24, 2.45) is 5.92 Å². The van der Waals surface area contributed by atoms with Gasteiger partial charge in [-0.1, -0.05) is 6.07 Å². The monoisotopic (exact) mass is 341 g/mol. The molecule has 2 fully saturated rings. The number of alkyl halides is 3. The Morgan fingerprint density at radius 2 is 1.92 bits per heavy atom. The maximum absolute atomic E-state index is 12.8. The Balaban J connectivity index is 1.48. The summed E-state index contributed by atoms with van der Waals surface area (Å²) >= 11 is 0. The fourth-order valence-corrected chi connectivity index (χ4v) is 3.64. The van der Waals surface area contributed by atoms with Crippen LogP contribution in [0.1, 0.15) is 24.8 Å². The van der Waals surface area contributed by atoms with Gasteiger partial charge in [-0.2, -0.15) is 13.2 Å². The number of anilines is 1. The van der Waals surface area contributed by atoms with E-state index in [0.717, 1.165) is 57.8 Å². The summed E-state index contributed by atoms with van der Waals surface area (Å²) in [7, 11) is 0. The van der Waals surface area contributed by atoms with Gasteiger partial charge in [0, 0.05) is 31.9 Å². The lowest BCUT2D eigenvalue weighted by Crippen LogP contribution is -2.47. The highest BCUT2D eigenvalue weighted by Gasteiger charge is 2.31. The zero-order valence-corrected chi connectivity index (χ0v) is 14.0. The SMILES string of the molecule is FC(F)(F)c1cccc(N2CCN(CCC3CCCNC3)CC2)c1. The molecule has 0 bridgehead atoms. The van der Waals surface area contributed by atoms with E-state index in [1.165, 1.54) is 31.4 Å². The van der Waals surface area contributed by atoms with Crippen LogP contribution < -0.4 is 10.2 Å². The minimum atomic E-state index is -4.27. The topological polar surface area (TPSA) is 18.5 Å². The average molecular weight is 341 g/mol. The molecular weight excluding hydrogens is 315 g/mol. The van der Waals surface area contributed by atoms with Gasteiger partial charge in [-0.15, -0.1) is 0 Å². The zero-order valence-electron chi connectivity index (χ0n) is 14.0. The first-order valence-electron chi connectivity index (χ1n) is 8.87. The smallest absolute Gasteiger partial charge is 0.369 e. The summed E-state index contributed by atoms with van der Waals surface area (Å²) in [5.74, 6) is 0.778. The number of piperazine rings is 1. The van der Waals surface area contributed by atoms with Crippen LogP contribution in [-0.2, 0) is 6.18 Å². The molecular formula is C18H26F3N3. The molecule has 1 unspecified atom stereocenters. The Kier molecular flexibility index (Phi) is 5.66. The number of hydrogen-bond acceptors (Lipinski definition) is 3. The fraction of sp³-hybridized carbons (Fsp3) is 0.667. The van der Waals surface area contributed by atoms with Crippen LogP contribution in [0.2, 0.25) is 0 Å². The third-order valence-electron chi connectivity index (χ3n) is 5.16. The van der Waals surface area contributed by atoms with Crippen LogP contribution in [0, 0.1) is 5.92 Å². The summed E-state index contributed by atoms with van der Waals surface area (Å²) in [6.07, 6.45) is -0.465. The molecule has 0 aromatic heterocycles. The van der Waals surface area contributed by atoms with Crippen molar-refractivity contribution >= 4 is 5.69 Å². The summed E-state index contributed by atoms with van der Waals surface area (Å²) in [6, 6.07) is 5.68. The third-order valence-corrected chi connectivity index (χ3v) is 5.16. The van der Waals surface area contributed by atoms with Gasteiger partial charge in [0.05, 0.1) is 5.56 Å². The van der Waals surface area contributed by atoms with E-state index in [4.69, 9.17) is 0 Å². The molecule has 2 heterocycles. The van der Waals surface area contributed by atoms with Crippen molar-refractivity contribution in [3.8, 4) is 0 Å². The van der Waals surface area contributed by atoms with Gasteiger partial charge >= 0.3 is 6.18 Å². The largest absolute Gasteiger partial charge is 0.416 e. The first kappa shape index (κ1) is 17.5. The Morgan fingerprint density at radius 3 is 2.58 bits per heavy atom. The molecule has 1 aromatic carbocycles. The van der Waals surface area contributed by atoms with Gasteiger partial charge < -0.3 is 10.2 Å². The molecule has 0 radical (unpaired) electrons. The quantitative estimate of drug-likeness (QED) is 0.907. The lowest BCUT2D eigenvalue weighted by molar-refractivity contribution is -0.137. The maximum Gasteiger partial charge on any atom is 0.416 e. The number of rotatable bonds is 4. The van der Waals surface area contributed by atoms with Crippen molar-refractivity contribution in [2.45, 2.75) is 25.4 Å². The predicted molar refractivity (Wildman–Crippen MR) is 90.3 cm³/mol. The molecule has 1 aromatic rings. The van der Waals surface area contributed by atoms with Crippen molar-refractivity contribution < 1.29 is 13.2 Å². The molecule has 0 spiro atoms. The normalized spacial score (nSPS) is 23.5. The van der Waals surface area contributed by atoms with Gasteiger partial charge in [-0.25, -0.2) is 0 Å². The van der Waals surface area contributed by atoms with E-state index in [1.54, 1.807) is 6.07 Å². The number of nitrogens with one attached hydrogen (secondary N) is 1. The van der Waals surface area contributed by atoms with Crippen molar-refractivity contribution in [2.75, 3.05) is 50.7 Å². The van der Waals surface area contributed by atoms with Crippen LogP contribution in [0.4, 0.5) is 18.9 Å². The van der Waals surface area contributed by atoms with Crippen molar-refractivity contribution in [3.05, 3.63) is 29.8 Å². The molecule has 0 aliphatic carbocycles. The van der Waals surface area contributed by atoms with E-state index in [9.17, 15) is 13.2 Å². The Bertz CT molecular complexity index is 518. The van der Waals surface area contributed by atoms with Crippen LogP contribution in [0.5, 0.6) is 0 Å². The summed E-state index contributed by atoms with van der Waals surface area (Å²) in [4.78, 5) is 4.51. The standard InChI is InChI=1S/C18H26F3N3/c19-18(20,21)16-4-1-5-17(13-16)24-11-9-23(10-12-24)8-6-15-3-2-7-22-14-15/h1,4-5,13,15,22H,2-3,6-12,14H2. The molecule has 3 nitrogen and oxygen atoms in total. The molecule has 1 atom stereocenters. The van der Waals surface area contributed by atoms with Gasteiger partial charge in [-0.05, 0) is 63.0 Å². The lowest BCUT2D eigenvalue weighted by Gasteiger charge is -2.37. The fourth-order valence-electron chi connectivity index (χ4n) is 3.64. The van der Waals surface area contributed by atoms with E-state index in [1.807, 2.05) is 0 Å². The second-order valence-electron chi connectivity index (χ2n) is 6.88. The first-order chi connectivity index (χ1) is 11.5. The Hall–Kier alpha value is -1.27. The average Bonchev–Trinajstić information content (AvgIpc) is 2.61. The van der Waals surface area contributed by atoms with Crippen molar-refractivity contribution in [3.63, 3.8) is 0 Å². The highest BCUT2D eigenvalue weighted by atomic mass is 19.4. The lowest BCUT2D eigenvalue weighted by atomic mass is 9.96. The van der Waals surface area contributed by atoms with E-state index in [0.29, 0.717) is 5.69 Å². The van der Waals surface area contributed by atoms with Crippen LogP contribution in [-0.4, -0.2) is 50.7 Å². The first-order valence-corrected chi connectivity index (χ1v) is 8.87. The molecule has 1 N–H and O–H groups in total. The molecule has 0 saturated carbocycles. The van der Waals surface area contributed by atoms with E-state index < -0.39 is 11.7 Å². The van der Waals surface area contributed by atoms with Gasteiger partial charge in [0.15, 0.2) is 0 Å². The van der Waals surface area contributed by atoms with Crippen molar-refractivity contribution in [1.82, 2.24) is 10.2 Å². The highest BCUT2D eigenvalue weighted by molar-refractivity contribution is 5.49. The maximum atomic E-state index is 12.8. The summed E-state index contributed by atoms with van der Waals surface area (Å²) in [5.41, 5.74) is 0.119. The van der Waals surface area contributed by atoms with Gasteiger partial charge in [-0.3, -0.25) is 4.90 Å². The second-order valence-corrected chi connectivity index (χ2v) is 6.88. The summed E-state index contributed by atoms with van der Waals surface area (Å²) in [6.45, 7) is 6.82. The molecule has 134 valence electrons. The van der Waals surface area contributed by atoms with Gasteiger partial charge in [0.25, 0.3) is 0 Å². The third kappa shape index (κ3) is 4.63. The molecule has 2 aliphatic heterocycles. The number of nitrogens with zero attached hydrogens (tertiary/aromatic N) is 2. The van der Waals surface area contributed by atoms with Gasteiger partial charge in [0.1, 0.15) is 0 Å². The molecule has 6 heteroatoms. The molecule has 2 aliphatic rings. The molecule has 24 heavy (non-hydrogen) atoms. The predicted octanol–water partition coefficient (Wildman–Crippen LogP) is 3.22. The Labute approximate surface area is 141 Å². The number of hydrogen-bond donors (Lipinski definition) is 1. The second kappa shape index (κ2) is 7.74. The molecule has 3 rings (SSSR count). The Morgan fingerprint density at radius 1 is 1.12 bits per heavy atom. The highest BCUT2D eigenvalue weighted by Crippen LogP contribution is 2.31. The van der Waals surface area contributed by atoms with Crippen LogP contribution in [0.25, 0.3) is 0 Å². The summed E-state index contributed by atoms with van der Waals surface area (Å²) in [5, 5.41) is 3.45. The van der Waals surface area contributed by atoms with E-state index >= 15 is 0 Å². The van der Waals surface area contributed by atoms with Crippen LogP contribution in [0.15, 0.2) is 24.3 Å². The van der Waals surface area contributed by atoms with Gasteiger partial charge in [0.2, 0.25) is 0 Å². The van der Waals surface area contributed by atoms with E-state index in [-0.39, 0.29) is 0 Å². The number of benzene rings is 1. The van der Waals surface area contributed by atoms with Crippen molar-refractivity contribution in [1.29, 1.82) is 0 Å². The minimum Gasteiger partial charge on any atom is -0.369 e. The minimum absolute atomic E-state index is 0.563. The van der Waals surface area contributed by atoms with E-state index in [2.05, 4.69) is 15.1 Å². The molecule has 0 amide bonds. The number of halogens is 3. The summed E-state index contributed by atoms with van der Waals surface area (Å²) < 4.78 is 38.5. The number of piperidine rings is 1. The zero-order chi connectivity index (χ0) is 17.0. The van der Waals surface area contributed by atoms with Crippen LogP contribution in [0.3, 0.4) is 0 Å².